The summed E-state index contributed by atoms with van der Waals surface area (Å²) >= 11 is 0. The molecule has 0 fully saturated rings. The largest absolute Gasteiger partial charge is 0.458 e. The highest BCUT2D eigenvalue weighted by atomic mass is 16.5. The van der Waals surface area contributed by atoms with Gasteiger partial charge in [-0.1, -0.05) is 169 Å². The van der Waals surface area contributed by atoms with Crippen molar-refractivity contribution in [1.29, 1.82) is 0 Å². The minimum atomic E-state index is -0.218. The van der Waals surface area contributed by atoms with Gasteiger partial charge in [0.05, 0.1) is 0 Å². The zero-order valence-electron chi connectivity index (χ0n) is 23.8. The minimum Gasteiger partial charge on any atom is -0.458 e. The van der Waals surface area contributed by atoms with Crippen LogP contribution in [-0.4, -0.2) is 13.4 Å². The molecule has 3 aliphatic heterocycles. The fraction of sp³-hybridized carbons (Fsp3) is 0.0769. The van der Waals surface area contributed by atoms with Crippen LogP contribution in [0.2, 0.25) is 0 Å². The number of ether oxygens (including phenoxy) is 1. The van der Waals surface area contributed by atoms with Crippen LogP contribution in [-0.2, 0) is 5.41 Å². The molecule has 0 bridgehead atoms. The number of hydrogen-bond donors (Lipinski definition) is 0. The molecule has 196 valence electrons. The number of para-hydroxylation sites is 2. The molecular formula is C39H28B2O. The first-order valence-corrected chi connectivity index (χ1v) is 14.9. The maximum absolute atomic E-state index is 7.26. The first kappa shape index (κ1) is 23.9. The molecule has 6 aromatic rings. The molecule has 0 amide bonds. The van der Waals surface area contributed by atoms with Crippen molar-refractivity contribution in [1.82, 2.24) is 0 Å². The number of benzene rings is 6. The molecule has 0 atom stereocenters. The highest BCUT2D eigenvalue weighted by Gasteiger charge is 2.43. The third-order valence-corrected chi connectivity index (χ3v) is 9.93. The van der Waals surface area contributed by atoms with E-state index in [9.17, 15) is 0 Å². The van der Waals surface area contributed by atoms with E-state index in [0.29, 0.717) is 0 Å². The summed E-state index contributed by atoms with van der Waals surface area (Å²) in [5, 5.41) is 0. The molecule has 3 heteroatoms. The van der Waals surface area contributed by atoms with Crippen molar-refractivity contribution >= 4 is 46.2 Å². The first-order valence-electron chi connectivity index (χ1n) is 14.9. The molecule has 0 saturated carbocycles. The zero-order chi connectivity index (χ0) is 28.0. The molecule has 1 nitrogen and oxygen atoms in total. The molecule has 0 unspecified atom stereocenters. The van der Waals surface area contributed by atoms with E-state index in [1.54, 1.807) is 0 Å². The molecule has 42 heavy (non-hydrogen) atoms. The Morgan fingerprint density at radius 2 is 0.690 bits per heavy atom. The van der Waals surface area contributed by atoms with Crippen molar-refractivity contribution in [3.05, 3.63) is 145 Å². The van der Waals surface area contributed by atoms with Crippen molar-refractivity contribution in [3.8, 4) is 33.8 Å². The lowest BCUT2D eigenvalue weighted by molar-refractivity contribution is 0.424. The molecule has 0 radical (unpaired) electrons. The molecule has 3 heterocycles. The van der Waals surface area contributed by atoms with E-state index in [-0.39, 0.29) is 18.8 Å². The van der Waals surface area contributed by atoms with Crippen LogP contribution < -0.4 is 37.5 Å². The van der Waals surface area contributed by atoms with Crippen LogP contribution in [0.3, 0.4) is 0 Å². The topological polar surface area (TPSA) is 9.23 Å². The van der Waals surface area contributed by atoms with Crippen molar-refractivity contribution in [2.24, 2.45) is 0 Å². The summed E-state index contributed by atoms with van der Waals surface area (Å²) in [6, 6.07) is 49.0. The number of hydrogen-bond acceptors (Lipinski definition) is 1. The molecule has 6 aromatic carbocycles. The predicted molar refractivity (Wildman–Crippen MR) is 178 cm³/mol. The molecule has 0 saturated heterocycles. The van der Waals surface area contributed by atoms with Gasteiger partial charge in [-0.25, -0.2) is 0 Å². The van der Waals surface area contributed by atoms with Gasteiger partial charge in [0.1, 0.15) is 11.5 Å². The van der Waals surface area contributed by atoms with Crippen molar-refractivity contribution < 1.29 is 4.74 Å². The summed E-state index contributed by atoms with van der Waals surface area (Å²) in [6.45, 7) is 4.97. The van der Waals surface area contributed by atoms with Crippen LogP contribution in [0.25, 0.3) is 22.3 Å². The van der Waals surface area contributed by atoms with Gasteiger partial charge in [-0.3, -0.25) is 0 Å². The smallest absolute Gasteiger partial charge is 0.247 e. The maximum Gasteiger partial charge on any atom is 0.247 e. The average molecular weight is 534 g/mol. The first-order chi connectivity index (χ1) is 20.6. The van der Waals surface area contributed by atoms with Crippen LogP contribution in [0.15, 0.2) is 133 Å². The van der Waals surface area contributed by atoms with E-state index in [4.69, 9.17) is 4.74 Å². The fourth-order valence-electron chi connectivity index (χ4n) is 8.00. The van der Waals surface area contributed by atoms with E-state index in [1.807, 2.05) is 0 Å². The monoisotopic (exact) mass is 534 g/mol. The molecule has 3 aliphatic rings. The molecular weight excluding hydrogens is 506 g/mol. The Kier molecular flexibility index (Phi) is 4.91. The van der Waals surface area contributed by atoms with Gasteiger partial charge in [-0.15, -0.1) is 0 Å². The van der Waals surface area contributed by atoms with Crippen LogP contribution >= 0.6 is 0 Å². The second kappa shape index (κ2) is 8.63. The highest BCUT2D eigenvalue weighted by molar-refractivity contribution is 7.00. The summed E-state index contributed by atoms with van der Waals surface area (Å²) in [5.74, 6) is 2.03. The zero-order valence-corrected chi connectivity index (χ0v) is 23.8. The van der Waals surface area contributed by atoms with E-state index in [2.05, 4.69) is 147 Å². The Bertz CT molecular complexity index is 1840. The van der Waals surface area contributed by atoms with Gasteiger partial charge in [-0.05, 0) is 33.2 Å². The SMILES string of the molecule is CC1(C)c2cccc(B3c4ccccc4-c4ccccc43)c2Oc2c(B3c4ccccc4-c4ccccc43)cccc21. The summed E-state index contributed by atoms with van der Waals surface area (Å²) in [4.78, 5) is 0. The van der Waals surface area contributed by atoms with Crippen LogP contribution in [0.4, 0.5) is 0 Å². The fourth-order valence-corrected chi connectivity index (χ4v) is 8.00. The molecule has 0 aliphatic carbocycles. The lowest BCUT2D eigenvalue weighted by Crippen LogP contribution is -2.52. The molecule has 0 aromatic heterocycles. The Morgan fingerprint density at radius 3 is 1.05 bits per heavy atom. The maximum atomic E-state index is 7.26. The van der Waals surface area contributed by atoms with E-state index >= 15 is 0 Å². The summed E-state index contributed by atoms with van der Waals surface area (Å²) in [7, 11) is 0. The van der Waals surface area contributed by atoms with Crippen molar-refractivity contribution in [3.63, 3.8) is 0 Å². The van der Waals surface area contributed by atoms with E-state index in [0.717, 1.165) is 11.5 Å². The predicted octanol–water partition coefficient (Wildman–Crippen LogP) is 5.11. The van der Waals surface area contributed by atoms with Gasteiger partial charge in [0.25, 0.3) is 0 Å². The lowest BCUT2D eigenvalue weighted by Gasteiger charge is -2.37. The van der Waals surface area contributed by atoms with Gasteiger partial charge in [0.2, 0.25) is 13.4 Å². The van der Waals surface area contributed by atoms with E-state index < -0.39 is 0 Å². The summed E-state index contributed by atoms with van der Waals surface area (Å²) in [5.41, 5.74) is 15.5. The highest BCUT2D eigenvalue weighted by Crippen LogP contribution is 2.47. The molecule has 0 N–H and O–H groups in total. The van der Waals surface area contributed by atoms with Gasteiger partial charge in [0.15, 0.2) is 0 Å². The molecule has 9 rings (SSSR count). The minimum absolute atomic E-state index is 0.129. The lowest BCUT2D eigenvalue weighted by atomic mass is 9.38. The normalized spacial score (nSPS) is 14.7. The Morgan fingerprint density at radius 1 is 0.381 bits per heavy atom. The van der Waals surface area contributed by atoms with E-state index in [1.165, 1.54) is 66.2 Å². The van der Waals surface area contributed by atoms with Gasteiger partial charge in [-0.2, -0.15) is 0 Å². The summed E-state index contributed by atoms with van der Waals surface area (Å²) < 4.78 is 7.26. The summed E-state index contributed by atoms with van der Waals surface area (Å²) in [6.07, 6.45) is 0. The van der Waals surface area contributed by atoms with Gasteiger partial charge >= 0.3 is 0 Å². The van der Waals surface area contributed by atoms with Gasteiger partial charge < -0.3 is 4.74 Å². The van der Waals surface area contributed by atoms with Crippen molar-refractivity contribution in [2.75, 3.05) is 0 Å². The average Bonchev–Trinajstić information content (AvgIpc) is 3.54. The van der Waals surface area contributed by atoms with Crippen molar-refractivity contribution in [2.45, 2.75) is 19.3 Å². The third-order valence-electron chi connectivity index (χ3n) is 9.93. The Hall–Kier alpha value is -4.75. The number of rotatable bonds is 2. The Balaban J connectivity index is 1.27. The number of fused-ring (bicyclic) bond motifs is 8. The standard InChI is InChI=1S/C39H28B2O/c1-39(2)29-17-11-23-35(40-31-19-7-3-13-25(31)26-14-4-8-20-32(26)40)37(29)42-38-30(39)18-12-24-36(38)41-33-21-9-5-15-27(33)28-16-6-10-22-34(28)41/h3-24H,1-2H3. The third kappa shape index (κ3) is 3.11. The van der Waals surface area contributed by atoms with Crippen LogP contribution in [0.1, 0.15) is 25.0 Å². The molecule has 0 spiro atoms. The van der Waals surface area contributed by atoms with Gasteiger partial charge in [0, 0.05) is 16.5 Å². The Labute approximate surface area is 248 Å². The quantitative estimate of drug-likeness (QED) is 0.280. The second-order valence-electron chi connectivity index (χ2n) is 12.4. The van der Waals surface area contributed by atoms with Crippen LogP contribution in [0, 0.1) is 0 Å². The second-order valence-corrected chi connectivity index (χ2v) is 12.4. The van der Waals surface area contributed by atoms with Crippen LogP contribution in [0.5, 0.6) is 11.5 Å².